The van der Waals surface area contributed by atoms with Crippen LogP contribution >= 0.6 is 11.8 Å². The van der Waals surface area contributed by atoms with E-state index >= 15 is 0 Å². The third kappa shape index (κ3) is 2.16. The summed E-state index contributed by atoms with van der Waals surface area (Å²) in [5.41, 5.74) is 2.64. The maximum atomic E-state index is 11.8. The molecule has 21 heavy (non-hydrogen) atoms. The number of fused-ring (bicyclic) bond motifs is 1. The SMILES string of the molecule is N#Cc1cc2c(nc1Sc1n[nH]c(=O)n1C1CC1)CCC2. The summed E-state index contributed by atoms with van der Waals surface area (Å²) in [5, 5.41) is 17.2. The van der Waals surface area contributed by atoms with Gasteiger partial charge in [0.05, 0.1) is 5.56 Å². The number of rotatable bonds is 3. The average Bonchev–Trinajstić information content (AvgIpc) is 3.10. The van der Waals surface area contributed by atoms with Crippen LogP contribution in [0, 0.1) is 11.3 Å². The fourth-order valence-corrected chi connectivity index (χ4v) is 3.68. The molecule has 0 atom stereocenters. The summed E-state index contributed by atoms with van der Waals surface area (Å²) >= 11 is 1.31. The van der Waals surface area contributed by atoms with E-state index in [0.29, 0.717) is 15.7 Å². The molecule has 0 bridgehead atoms. The van der Waals surface area contributed by atoms with Crippen LogP contribution in [-0.2, 0) is 12.8 Å². The topological polar surface area (TPSA) is 87.4 Å². The smallest absolute Gasteiger partial charge is 0.267 e. The quantitative estimate of drug-likeness (QED) is 0.934. The number of aromatic nitrogens is 4. The summed E-state index contributed by atoms with van der Waals surface area (Å²) in [7, 11) is 0. The second kappa shape index (κ2) is 4.74. The van der Waals surface area contributed by atoms with Crippen molar-refractivity contribution in [3.05, 3.63) is 33.4 Å². The van der Waals surface area contributed by atoms with Gasteiger partial charge in [-0.05, 0) is 55.5 Å². The summed E-state index contributed by atoms with van der Waals surface area (Å²) in [6.45, 7) is 0. The number of nitrogens with one attached hydrogen (secondary N) is 1. The molecule has 6 nitrogen and oxygen atoms in total. The summed E-state index contributed by atoms with van der Waals surface area (Å²) in [6, 6.07) is 4.39. The first-order valence-corrected chi connectivity index (χ1v) is 7.85. The van der Waals surface area contributed by atoms with Crippen molar-refractivity contribution in [3.8, 4) is 6.07 Å². The van der Waals surface area contributed by atoms with Crippen LogP contribution in [0.4, 0.5) is 0 Å². The van der Waals surface area contributed by atoms with E-state index in [1.807, 2.05) is 6.07 Å². The van der Waals surface area contributed by atoms with Gasteiger partial charge in [0.2, 0.25) is 0 Å². The Morgan fingerprint density at radius 2 is 2.29 bits per heavy atom. The highest BCUT2D eigenvalue weighted by Gasteiger charge is 2.29. The van der Waals surface area contributed by atoms with Gasteiger partial charge >= 0.3 is 5.69 Å². The number of hydrogen-bond acceptors (Lipinski definition) is 5. The molecule has 0 saturated heterocycles. The minimum absolute atomic E-state index is 0.181. The Morgan fingerprint density at radius 3 is 3.05 bits per heavy atom. The lowest BCUT2D eigenvalue weighted by molar-refractivity contribution is 0.642. The van der Waals surface area contributed by atoms with E-state index in [-0.39, 0.29) is 11.7 Å². The molecule has 1 saturated carbocycles. The molecule has 7 heteroatoms. The number of nitrogens with zero attached hydrogens (tertiary/aromatic N) is 4. The predicted molar refractivity (Wildman–Crippen MR) is 76.2 cm³/mol. The van der Waals surface area contributed by atoms with Gasteiger partial charge in [-0.15, -0.1) is 5.10 Å². The predicted octanol–water partition coefficient (Wildman–Crippen LogP) is 1.81. The van der Waals surface area contributed by atoms with Crippen LogP contribution in [0.15, 0.2) is 21.0 Å². The molecule has 0 aromatic carbocycles. The van der Waals surface area contributed by atoms with Gasteiger partial charge in [0, 0.05) is 11.7 Å². The number of nitriles is 1. The fraction of sp³-hybridized carbons (Fsp3) is 0.429. The van der Waals surface area contributed by atoms with Gasteiger partial charge < -0.3 is 0 Å². The van der Waals surface area contributed by atoms with Crippen molar-refractivity contribution >= 4 is 11.8 Å². The van der Waals surface area contributed by atoms with Crippen LogP contribution in [0.5, 0.6) is 0 Å². The van der Waals surface area contributed by atoms with E-state index in [4.69, 9.17) is 0 Å². The Balaban J connectivity index is 1.75. The van der Waals surface area contributed by atoms with Gasteiger partial charge in [0.15, 0.2) is 5.16 Å². The molecule has 1 N–H and O–H groups in total. The zero-order valence-electron chi connectivity index (χ0n) is 11.3. The standard InChI is InChI=1S/C14H13N5OS/c15-7-9-6-8-2-1-3-11(8)16-12(9)21-14-18-17-13(20)19(14)10-4-5-10/h6,10H,1-5H2,(H,17,20). The maximum absolute atomic E-state index is 11.8. The van der Waals surface area contributed by atoms with Gasteiger partial charge in [-0.2, -0.15) is 5.26 Å². The van der Waals surface area contributed by atoms with Gasteiger partial charge in [0.25, 0.3) is 0 Å². The van der Waals surface area contributed by atoms with Gasteiger partial charge in [-0.1, -0.05) is 0 Å². The Bertz CT molecular complexity index is 812. The minimum Gasteiger partial charge on any atom is -0.267 e. The first-order chi connectivity index (χ1) is 10.3. The molecule has 1 fully saturated rings. The van der Waals surface area contributed by atoms with E-state index in [1.165, 1.54) is 17.3 Å². The molecule has 2 aromatic rings. The first-order valence-electron chi connectivity index (χ1n) is 7.04. The lowest BCUT2D eigenvalue weighted by Crippen LogP contribution is -2.16. The summed E-state index contributed by atoms with van der Waals surface area (Å²) < 4.78 is 1.68. The van der Waals surface area contributed by atoms with E-state index in [9.17, 15) is 10.1 Å². The van der Waals surface area contributed by atoms with E-state index in [1.54, 1.807) is 4.57 Å². The second-order valence-electron chi connectivity index (χ2n) is 5.43. The molecule has 0 unspecified atom stereocenters. The summed E-state index contributed by atoms with van der Waals surface area (Å²) in [6.07, 6.45) is 5.07. The molecule has 0 aliphatic heterocycles. The molecular formula is C14H13N5OS. The number of hydrogen-bond donors (Lipinski definition) is 1. The molecule has 2 aromatic heterocycles. The summed E-state index contributed by atoms with van der Waals surface area (Å²) in [5.74, 6) is 0. The third-order valence-corrected chi connectivity index (χ3v) is 4.88. The van der Waals surface area contributed by atoms with E-state index < -0.39 is 0 Å². The van der Waals surface area contributed by atoms with Gasteiger partial charge in [-0.25, -0.2) is 14.9 Å². The monoisotopic (exact) mass is 299 g/mol. The van der Waals surface area contributed by atoms with Crippen molar-refractivity contribution in [1.82, 2.24) is 19.7 Å². The molecule has 0 amide bonds. The molecule has 0 radical (unpaired) electrons. The maximum Gasteiger partial charge on any atom is 0.344 e. The second-order valence-corrected chi connectivity index (χ2v) is 6.38. The van der Waals surface area contributed by atoms with Crippen molar-refractivity contribution in [2.45, 2.75) is 48.3 Å². The molecule has 2 aliphatic rings. The van der Waals surface area contributed by atoms with Crippen LogP contribution in [0.2, 0.25) is 0 Å². The number of aryl methyl sites for hydroxylation is 2. The van der Waals surface area contributed by atoms with Crippen molar-refractivity contribution in [2.75, 3.05) is 0 Å². The average molecular weight is 299 g/mol. The number of aromatic amines is 1. The van der Waals surface area contributed by atoms with E-state index in [0.717, 1.165) is 37.8 Å². The van der Waals surface area contributed by atoms with Crippen molar-refractivity contribution in [3.63, 3.8) is 0 Å². The van der Waals surface area contributed by atoms with Crippen LogP contribution in [0.3, 0.4) is 0 Å². The minimum atomic E-state index is -0.181. The lowest BCUT2D eigenvalue weighted by atomic mass is 10.2. The highest BCUT2D eigenvalue weighted by Crippen LogP contribution is 2.38. The Hall–Kier alpha value is -2.07. The largest absolute Gasteiger partial charge is 0.344 e. The van der Waals surface area contributed by atoms with Crippen molar-refractivity contribution < 1.29 is 0 Å². The van der Waals surface area contributed by atoms with Crippen molar-refractivity contribution in [1.29, 1.82) is 5.26 Å². The van der Waals surface area contributed by atoms with Crippen molar-refractivity contribution in [2.24, 2.45) is 0 Å². The molecule has 2 aliphatic carbocycles. The molecule has 106 valence electrons. The number of H-pyrrole nitrogens is 1. The summed E-state index contributed by atoms with van der Waals surface area (Å²) in [4.78, 5) is 16.4. The fourth-order valence-electron chi connectivity index (χ4n) is 2.71. The van der Waals surface area contributed by atoms with E-state index in [2.05, 4.69) is 21.3 Å². The van der Waals surface area contributed by atoms with Gasteiger partial charge in [-0.3, -0.25) is 4.57 Å². The van der Waals surface area contributed by atoms with Gasteiger partial charge in [0.1, 0.15) is 11.1 Å². The molecule has 0 spiro atoms. The van der Waals surface area contributed by atoms with Crippen LogP contribution in [-0.4, -0.2) is 19.7 Å². The molecular weight excluding hydrogens is 286 g/mol. The third-order valence-electron chi connectivity index (χ3n) is 3.91. The Morgan fingerprint density at radius 1 is 1.43 bits per heavy atom. The zero-order valence-corrected chi connectivity index (χ0v) is 12.1. The molecule has 4 rings (SSSR count). The lowest BCUT2D eigenvalue weighted by Gasteiger charge is -2.07. The Labute approximate surface area is 125 Å². The highest BCUT2D eigenvalue weighted by molar-refractivity contribution is 7.99. The first kappa shape index (κ1) is 12.7. The van der Waals surface area contributed by atoms with Crippen LogP contribution in [0.25, 0.3) is 0 Å². The highest BCUT2D eigenvalue weighted by atomic mass is 32.2. The zero-order chi connectivity index (χ0) is 14.4. The number of pyridine rings is 1. The van der Waals surface area contributed by atoms with Crippen LogP contribution in [0.1, 0.15) is 42.1 Å². The Kier molecular flexibility index (Phi) is 2.86. The molecule has 2 heterocycles. The van der Waals surface area contributed by atoms with Crippen LogP contribution < -0.4 is 5.69 Å². The normalized spacial score (nSPS) is 16.7.